The molecule has 0 unspecified atom stereocenters. The molecule has 0 spiro atoms. The van der Waals surface area contributed by atoms with Gasteiger partial charge in [0.05, 0.1) is 6.54 Å². The minimum atomic E-state index is 0.118. The molecular weight excluding hydrogens is 226 g/mol. The molecule has 4 heteroatoms. The highest BCUT2D eigenvalue weighted by molar-refractivity contribution is 5.77. The molecule has 1 aliphatic carbocycles. The zero-order chi connectivity index (χ0) is 13.2. The predicted molar refractivity (Wildman–Crippen MR) is 75.7 cm³/mol. The van der Waals surface area contributed by atoms with Crippen LogP contribution in [0.2, 0.25) is 0 Å². The van der Waals surface area contributed by atoms with Crippen molar-refractivity contribution in [3.8, 4) is 0 Å². The summed E-state index contributed by atoms with van der Waals surface area (Å²) in [4.78, 5) is 13.9. The van der Waals surface area contributed by atoms with Crippen molar-refractivity contribution < 1.29 is 4.79 Å². The van der Waals surface area contributed by atoms with E-state index >= 15 is 0 Å². The number of hydrogen-bond acceptors (Lipinski definition) is 3. The third-order valence-electron chi connectivity index (χ3n) is 3.73. The van der Waals surface area contributed by atoms with Gasteiger partial charge in [0.15, 0.2) is 0 Å². The van der Waals surface area contributed by atoms with Crippen molar-refractivity contribution in [3.63, 3.8) is 0 Å². The first-order valence-corrected chi connectivity index (χ1v) is 7.41. The number of rotatable bonds is 9. The summed E-state index contributed by atoms with van der Waals surface area (Å²) in [7, 11) is 2.19. The van der Waals surface area contributed by atoms with Crippen LogP contribution in [0.15, 0.2) is 0 Å². The second-order valence-electron chi connectivity index (χ2n) is 5.30. The summed E-state index contributed by atoms with van der Waals surface area (Å²) in [6.45, 7) is 5.31. The van der Waals surface area contributed by atoms with Crippen molar-refractivity contribution in [1.82, 2.24) is 15.5 Å². The molecule has 1 fully saturated rings. The highest BCUT2D eigenvalue weighted by Crippen LogP contribution is 2.21. The monoisotopic (exact) mass is 255 g/mol. The molecule has 1 aliphatic rings. The molecule has 1 rings (SSSR count). The first-order valence-electron chi connectivity index (χ1n) is 7.41. The Morgan fingerprint density at radius 3 is 2.67 bits per heavy atom. The second-order valence-corrected chi connectivity index (χ2v) is 5.30. The largest absolute Gasteiger partial charge is 0.355 e. The van der Waals surface area contributed by atoms with Crippen LogP contribution in [0.1, 0.15) is 45.4 Å². The van der Waals surface area contributed by atoms with Crippen LogP contribution >= 0.6 is 0 Å². The van der Waals surface area contributed by atoms with Gasteiger partial charge in [-0.3, -0.25) is 4.79 Å². The molecular formula is C14H29N3O. The van der Waals surface area contributed by atoms with Gasteiger partial charge in [-0.1, -0.05) is 26.2 Å². The summed E-state index contributed by atoms with van der Waals surface area (Å²) in [5.41, 5.74) is 0. The Bertz CT molecular complexity index is 227. The first kappa shape index (κ1) is 15.4. The molecule has 0 atom stereocenters. The molecule has 0 radical (unpaired) electrons. The standard InChI is InChI=1S/C14H29N3O/c1-3-4-9-16-14(18)12-15-10-11-17(2)13-7-5-6-8-13/h13,15H,3-12H2,1-2H3,(H,16,18). The number of unbranched alkanes of at least 4 members (excludes halogenated alkanes) is 1. The molecule has 18 heavy (non-hydrogen) atoms. The number of carbonyl (C=O) groups excluding carboxylic acids is 1. The molecule has 0 saturated heterocycles. The predicted octanol–water partition coefficient (Wildman–Crippen LogP) is 1.37. The maximum atomic E-state index is 11.4. The quantitative estimate of drug-likeness (QED) is 0.612. The topological polar surface area (TPSA) is 44.4 Å². The lowest BCUT2D eigenvalue weighted by Crippen LogP contribution is -2.39. The Morgan fingerprint density at radius 1 is 1.28 bits per heavy atom. The zero-order valence-electron chi connectivity index (χ0n) is 12.0. The van der Waals surface area contributed by atoms with Gasteiger partial charge >= 0.3 is 0 Å². The summed E-state index contributed by atoms with van der Waals surface area (Å²) in [6.07, 6.45) is 7.63. The lowest BCUT2D eigenvalue weighted by atomic mass is 10.2. The lowest BCUT2D eigenvalue weighted by molar-refractivity contribution is -0.120. The molecule has 0 aromatic rings. The third-order valence-corrected chi connectivity index (χ3v) is 3.73. The molecule has 0 heterocycles. The normalized spacial score (nSPS) is 16.4. The van der Waals surface area contributed by atoms with E-state index in [2.05, 4.69) is 29.5 Å². The SMILES string of the molecule is CCCCNC(=O)CNCCN(C)C1CCCC1. The van der Waals surface area contributed by atoms with Crippen molar-refractivity contribution in [1.29, 1.82) is 0 Å². The Labute approximate surface area is 111 Å². The van der Waals surface area contributed by atoms with Gasteiger partial charge in [-0.2, -0.15) is 0 Å². The van der Waals surface area contributed by atoms with Gasteiger partial charge in [0.2, 0.25) is 5.91 Å². The summed E-state index contributed by atoms with van der Waals surface area (Å²) < 4.78 is 0. The Balaban J connectivity index is 1.95. The van der Waals surface area contributed by atoms with Crippen LogP contribution in [-0.2, 0) is 4.79 Å². The van der Waals surface area contributed by atoms with Gasteiger partial charge in [0.25, 0.3) is 0 Å². The summed E-state index contributed by atoms with van der Waals surface area (Å²) in [6, 6.07) is 0.769. The van der Waals surface area contributed by atoms with Crippen LogP contribution in [0, 0.1) is 0 Å². The van der Waals surface area contributed by atoms with Gasteiger partial charge in [0.1, 0.15) is 0 Å². The number of carbonyl (C=O) groups is 1. The van der Waals surface area contributed by atoms with Crippen LogP contribution in [0.5, 0.6) is 0 Å². The average molecular weight is 255 g/mol. The van der Waals surface area contributed by atoms with E-state index < -0.39 is 0 Å². The molecule has 0 aliphatic heterocycles. The fourth-order valence-electron chi connectivity index (χ4n) is 2.45. The fraction of sp³-hybridized carbons (Fsp3) is 0.929. The summed E-state index contributed by atoms with van der Waals surface area (Å²) in [5, 5.41) is 6.12. The van der Waals surface area contributed by atoms with Gasteiger partial charge in [-0.25, -0.2) is 0 Å². The zero-order valence-corrected chi connectivity index (χ0v) is 12.0. The Kier molecular flexibility index (Phi) is 8.01. The molecule has 0 bridgehead atoms. The number of amides is 1. The Hall–Kier alpha value is -0.610. The van der Waals surface area contributed by atoms with E-state index in [1.54, 1.807) is 0 Å². The van der Waals surface area contributed by atoms with Gasteiger partial charge in [-0.05, 0) is 26.3 Å². The summed E-state index contributed by atoms with van der Waals surface area (Å²) >= 11 is 0. The van der Waals surface area contributed by atoms with Crippen LogP contribution in [0.25, 0.3) is 0 Å². The highest BCUT2D eigenvalue weighted by Gasteiger charge is 2.18. The number of hydrogen-bond donors (Lipinski definition) is 2. The van der Waals surface area contributed by atoms with Crippen LogP contribution in [0.3, 0.4) is 0 Å². The van der Waals surface area contributed by atoms with E-state index in [1.165, 1.54) is 25.7 Å². The van der Waals surface area contributed by atoms with Crippen molar-refractivity contribution in [2.75, 3.05) is 33.2 Å². The molecule has 0 aromatic carbocycles. The van der Waals surface area contributed by atoms with E-state index in [1.807, 2.05) is 0 Å². The van der Waals surface area contributed by atoms with Crippen molar-refractivity contribution in [2.24, 2.45) is 0 Å². The molecule has 4 nitrogen and oxygen atoms in total. The van der Waals surface area contributed by atoms with Gasteiger partial charge < -0.3 is 15.5 Å². The minimum Gasteiger partial charge on any atom is -0.355 e. The lowest BCUT2D eigenvalue weighted by Gasteiger charge is -2.23. The van der Waals surface area contributed by atoms with Crippen molar-refractivity contribution in [3.05, 3.63) is 0 Å². The first-order chi connectivity index (χ1) is 8.74. The van der Waals surface area contributed by atoms with Crippen LogP contribution < -0.4 is 10.6 Å². The van der Waals surface area contributed by atoms with E-state index in [0.717, 1.165) is 38.5 Å². The third kappa shape index (κ3) is 6.36. The number of nitrogens with zero attached hydrogens (tertiary/aromatic N) is 1. The maximum absolute atomic E-state index is 11.4. The maximum Gasteiger partial charge on any atom is 0.233 e. The molecule has 106 valence electrons. The molecule has 1 amide bonds. The van der Waals surface area contributed by atoms with E-state index in [0.29, 0.717) is 6.54 Å². The number of nitrogens with one attached hydrogen (secondary N) is 2. The smallest absolute Gasteiger partial charge is 0.233 e. The molecule has 2 N–H and O–H groups in total. The van der Waals surface area contributed by atoms with Gasteiger partial charge in [-0.15, -0.1) is 0 Å². The van der Waals surface area contributed by atoms with E-state index in [4.69, 9.17) is 0 Å². The fourth-order valence-corrected chi connectivity index (χ4v) is 2.45. The van der Waals surface area contributed by atoms with Crippen molar-refractivity contribution in [2.45, 2.75) is 51.5 Å². The van der Waals surface area contributed by atoms with Gasteiger partial charge in [0, 0.05) is 25.7 Å². The Morgan fingerprint density at radius 2 is 2.00 bits per heavy atom. The second kappa shape index (κ2) is 9.34. The van der Waals surface area contributed by atoms with Crippen LogP contribution in [0.4, 0.5) is 0 Å². The number of likely N-dealkylation sites (N-methyl/N-ethyl adjacent to an activating group) is 1. The van der Waals surface area contributed by atoms with Crippen LogP contribution in [-0.4, -0.2) is 50.1 Å². The minimum absolute atomic E-state index is 0.118. The summed E-state index contributed by atoms with van der Waals surface area (Å²) in [5.74, 6) is 0.118. The molecule has 1 saturated carbocycles. The molecule has 0 aromatic heterocycles. The van der Waals surface area contributed by atoms with E-state index in [-0.39, 0.29) is 5.91 Å². The highest BCUT2D eigenvalue weighted by atomic mass is 16.1. The van der Waals surface area contributed by atoms with E-state index in [9.17, 15) is 4.79 Å². The van der Waals surface area contributed by atoms with Crippen molar-refractivity contribution >= 4 is 5.91 Å². The average Bonchev–Trinajstić information content (AvgIpc) is 2.88.